The number of anilines is 1. The minimum absolute atomic E-state index is 0.202. The molecule has 0 fully saturated rings. The highest BCUT2D eigenvalue weighted by molar-refractivity contribution is 6.33. The van der Waals surface area contributed by atoms with Crippen LogP contribution in [0.5, 0.6) is 11.5 Å². The molecule has 0 unspecified atom stereocenters. The SMILES string of the molecule is COc1cc(/C=C2/C(=O)N(c3cccc(Cl)c3)N=C2C)c([N+](=O)[O-])cc1OC. The molecule has 0 bridgehead atoms. The number of hydrogen-bond acceptors (Lipinski definition) is 6. The number of hydrogen-bond donors (Lipinski definition) is 0. The van der Waals surface area contributed by atoms with Gasteiger partial charge in [0.2, 0.25) is 0 Å². The van der Waals surface area contributed by atoms with Crippen LogP contribution in [-0.2, 0) is 4.79 Å². The molecule has 0 saturated carbocycles. The van der Waals surface area contributed by atoms with E-state index in [1.165, 1.54) is 37.4 Å². The molecule has 9 heteroatoms. The van der Waals surface area contributed by atoms with Gasteiger partial charge in [0.15, 0.2) is 11.5 Å². The average Bonchev–Trinajstić information content (AvgIpc) is 2.95. The molecule has 144 valence electrons. The van der Waals surface area contributed by atoms with Gasteiger partial charge in [0.25, 0.3) is 11.6 Å². The highest BCUT2D eigenvalue weighted by atomic mass is 35.5. The lowest BCUT2D eigenvalue weighted by Gasteiger charge is -2.12. The molecule has 1 aliphatic heterocycles. The van der Waals surface area contributed by atoms with E-state index in [0.29, 0.717) is 22.2 Å². The average molecular weight is 402 g/mol. The normalized spacial score (nSPS) is 15.0. The summed E-state index contributed by atoms with van der Waals surface area (Å²) in [6.07, 6.45) is 1.42. The Balaban J connectivity index is 2.08. The molecule has 0 spiro atoms. The Morgan fingerprint density at radius 1 is 1.18 bits per heavy atom. The number of methoxy groups -OCH3 is 2. The van der Waals surface area contributed by atoms with Gasteiger partial charge < -0.3 is 9.47 Å². The molecule has 0 aromatic heterocycles. The predicted octanol–water partition coefficient (Wildman–Crippen LogP) is 4.07. The zero-order valence-corrected chi connectivity index (χ0v) is 16.1. The second kappa shape index (κ2) is 7.69. The van der Waals surface area contributed by atoms with Crippen LogP contribution in [0.1, 0.15) is 12.5 Å². The fraction of sp³-hybridized carbons (Fsp3) is 0.158. The minimum atomic E-state index is -0.547. The number of carbonyl (C=O) groups is 1. The van der Waals surface area contributed by atoms with E-state index >= 15 is 0 Å². The van der Waals surface area contributed by atoms with E-state index in [2.05, 4.69) is 5.10 Å². The summed E-state index contributed by atoms with van der Waals surface area (Å²) in [5.74, 6) is 0.121. The topological polar surface area (TPSA) is 94.3 Å². The smallest absolute Gasteiger partial charge is 0.280 e. The number of nitro benzene ring substituents is 1. The van der Waals surface area contributed by atoms with Crippen molar-refractivity contribution in [3.8, 4) is 11.5 Å². The molecule has 3 rings (SSSR count). The summed E-state index contributed by atoms with van der Waals surface area (Å²) >= 11 is 5.99. The zero-order chi connectivity index (χ0) is 20.4. The van der Waals surface area contributed by atoms with Crippen LogP contribution in [0, 0.1) is 10.1 Å². The highest BCUT2D eigenvalue weighted by Crippen LogP contribution is 2.36. The number of halogens is 1. The summed E-state index contributed by atoms with van der Waals surface area (Å²) in [5.41, 5.74) is 1.15. The first-order chi connectivity index (χ1) is 13.3. The Morgan fingerprint density at radius 3 is 2.46 bits per heavy atom. The zero-order valence-electron chi connectivity index (χ0n) is 15.3. The maximum absolute atomic E-state index is 12.9. The fourth-order valence-electron chi connectivity index (χ4n) is 2.78. The molecule has 8 nitrogen and oxygen atoms in total. The monoisotopic (exact) mass is 401 g/mol. The Labute approximate surface area is 165 Å². The van der Waals surface area contributed by atoms with Crippen LogP contribution >= 0.6 is 11.6 Å². The lowest BCUT2D eigenvalue weighted by molar-refractivity contribution is -0.385. The number of rotatable bonds is 5. The molecular formula is C19H16ClN3O5. The Bertz CT molecular complexity index is 1030. The molecular weight excluding hydrogens is 386 g/mol. The molecule has 0 N–H and O–H groups in total. The van der Waals surface area contributed by atoms with Crippen molar-refractivity contribution in [2.45, 2.75) is 6.92 Å². The van der Waals surface area contributed by atoms with Gasteiger partial charge in [0, 0.05) is 5.02 Å². The van der Waals surface area contributed by atoms with Crippen molar-refractivity contribution in [3.63, 3.8) is 0 Å². The highest BCUT2D eigenvalue weighted by Gasteiger charge is 2.30. The van der Waals surface area contributed by atoms with Crippen LogP contribution in [0.25, 0.3) is 6.08 Å². The van der Waals surface area contributed by atoms with Gasteiger partial charge in [-0.1, -0.05) is 17.7 Å². The largest absolute Gasteiger partial charge is 0.493 e. The molecule has 0 saturated heterocycles. The first-order valence-electron chi connectivity index (χ1n) is 8.13. The third-order valence-corrected chi connectivity index (χ3v) is 4.38. The van der Waals surface area contributed by atoms with Gasteiger partial charge in [-0.25, -0.2) is 0 Å². The van der Waals surface area contributed by atoms with Crippen molar-refractivity contribution in [2.24, 2.45) is 5.10 Å². The summed E-state index contributed by atoms with van der Waals surface area (Å²) in [7, 11) is 2.81. The van der Waals surface area contributed by atoms with Gasteiger partial charge in [0.1, 0.15) is 0 Å². The summed E-state index contributed by atoms with van der Waals surface area (Å²) in [6.45, 7) is 1.65. The summed E-state index contributed by atoms with van der Waals surface area (Å²) in [6, 6.07) is 9.40. The predicted molar refractivity (Wildman–Crippen MR) is 106 cm³/mol. The van der Waals surface area contributed by atoms with Crippen LogP contribution in [0.15, 0.2) is 47.1 Å². The van der Waals surface area contributed by atoms with E-state index in [1.807, 2.05) is 0 Å². The van der Waals surface area contributed by atoms with Crippen LogP contribution in [0.3, 0.4) is 0 Å². The van der Waals surface area contributed by atoms with Crippen molar-refractivity contribution in [2.75, 3.05) is 19.2 Å². The maximum atomic E-state index is 12.9. The van der Waals surface area contributed by atoms with Crippen molar-refractivity contribution >= 4 is 40.7 Å². The van der Waals surface area contributed by atoms with Crippen LogP contribution in [0.4, 0.5) is 11.4 Å². The second-order valence-electron chi connectivity index (χ2n) is 5.86. The van der Waals surface area contributed by atoms with E-state index < -0.39 is 10.8 Å². The van der Waals surface area contributed by atoms with Gasteiger partial charge in [-0.15, -0.1) is 0 Å². The van der Waals surface area contributed by atoms with Gasteiger partial charge >= 0.3 is 0 Å². The number of hydrazone groups is 1. The number of benzene rings is 2. The Morgan fingerprint density at radius 2 is 1.86 bits per heavy atom. The Kier molecular flexibility index (Phi) is 5.32. The second-order valence-corrected chi connectivity index (χ2v) is 6.30. The molecule has 28 heavy (non-hydrogen) atoms. The van der Waals surface area contributed by atoms with Crippen molar-refractivity contribution < 1.29 is 19.2 Å². The summed E-state index contributed by atoms with van der Waals surface area (Å²) in [5, 5.41) is 17.4. The third-order valence-electron chi connectivity index (χ3n) is 4.14. The summed E-state index contributed by atoms with van der Waals surface area (Å²) < 4.78 is 10.3. The minimum Gasteiger partial charge on any atom is -0.493 e. The fourth-order valence-corrected chi connectivity index (χ4v) is 2.96. The van der Waals surface area contributed by atoms with Crippen molar-refractivity contribution in [1.29, 1.82) is 0 Å². The number of nitrogens with zero attached hydrogens (tertiary/aromatic N) is 3. The van der Waals surface area contributed by atoms with Gasteiger partial charge in [0.05, 0.1) is 47.7 Å². The van der Waals surface area contributed by atoms with Gasteiger partial charge in [-0.2, -0.15) is 10.1 Å². The van der Waals surface area contributed by atoms with E-state index in [9.17, 15) is 14.9 Å². The molecule has 1 aliphatic rings. The number of amides is 1. The molecule has 0 atom stereocenters. The van der Waals surface area contributed by atoms with E-state index in [1.54, 1.807) is 31.2 Å². The van der Waals surface area contributed by atoms with Crippen LogP contribution in [0.2, 0.25) is 5.02 Å². The molecule has 2 aromatic carbocycles. The Hall–Kier alpha value is -3.39. The van der Waals surface area contributed by atoms with Crippen molar-refractivity contribution in [3.05, 3.63) is 62.7 Å². The lowest BCUT2D eigenvalue weighted by Crippen LogP contribution is -2.21. The first kappa shape index (κ1) is 19.4. The number of nitro groups is 1. The lowest BCUT2D eigenvalue weighted by atomic mass is 10.0. The van der Waals surface area contributed by atoms with Gasteiger partial charge in [-0.3, -0.25) is 14.9 Å². The summed E-state index contributed by atoms with van der Waals surface area (Å²) in [4.78, 5) is 23.8. The molecule has 0 aliphatic carbocycles. The third kappa shape index (κ3) is 3.54. The maximum Gasteiger partial charge on any atom is 0.280 e. The molecule has 1 heterocycles. The standard InChI is InChI=1S/C19H16ClN3O5/c1-11-15(19(24)22(21-11)14-6-4-5-13(20)9-14)7-12-8-17(27-2)18(28-3)10-16(12)23(25)26/h4-10H,1-3H3/b15-7+. The van der Waals surface area contributed by atoms with E-state index in [-0.39, 0.29) is 22.6 Å². The molecule has 0 radical (unpaired) electrons. The van der Waals surface area contributed by atoms with Gasteiger partial charge in [-0.05, 0) is 37.3 Å². The van der Waals surface area contributed by atoms with Crippen LogP contribution < -0.4 is 14.5 Å². The first-order valence-corrected chi connectivity index (χ1v) is 8.51. The molecule has 2 aromatic rings. The quantitative estimate of drug-likeness (QED) is 0.427. The van der Waals surface area contributed by atoms with Crippen LogP contribution in [-0.4, -0.2) is 30.8 Å². The number of carbonyl (C=O) groups excluding carboxylic acids is 1. The van der Waals surface area contributed by atoms with E-state index in [0.717, 1.165) is 0 Å². The van der Waals surface area contributed by atoms with E-state index in [4.69, 9.17) is 21.1 Å². The number of ether oxygens (including phenoxy) is 2. The molecule has 1 amide bonds. The van der Waals surface area contributed by atoms with Crippen molar-refractivity contribution in [1.82, 2.24) is 0 Å².